The Morgan fingerprint density at radius 1 is 1.19 bits per heavy atom. The van der Waals surface area contributed by atoms with Gasteiger partial charge in [-0.05, 0) is 46.9 Å². The average molecular weight is 418 g/mol. The zero-order valence-corrected chi connectivity index (χ0v) is 16.3. The van der Waals surface area contributed by atoms with Gasteiger partial charge in [0.1, 0.15) is 5.56 Å². The third kappa shape index (κ3) is 3.99. The monoisotopic (exact) mass is 418 g/mol. The molecule has 1 aliphatic heterocycles. The van der Waals surface area contributed by atoms with Crippen LogP contribution in [-0.4, -0.2) is 39.6 Å². The molecule has 2 aromatic carbocycles. The predicted octanol–water partition coefficient (Wildman–Crippen LogP) is 2.73. The molecule has 0 spiro atoms. The molecule has 2 heterocycles. The smallest absolute Gasteiger partial charge is 0.383 e. The molecule has 0 unspecified atom stereocenters. The lowest BCUT2D eigenvalue weighted by Crippen LogP contribution is -2.24. The maximum absolute atomic E-state index is 12.1. The number of fused-ring (bicyclic) bond motifs is 1. The summed E-state index contributed by atoms with van der Waals surface area (Å²) in [5.74, 6) is -0.889. The maximum atomic E-state index is 12.1. The van der Waals surface area contributed by atoms with Gasteiger partial charge in [-0.3, -0.25) is 9.59 Å². The summed E-state index contributed by atoms with van der Waals surface area (Å²) in [5, 5.41) is 24.4. The van der Waals surface area contributed by atoms with E-state index < -0.39 is 4.92 Å². The van der Waals surface area contributed by atoms with Crippen molar-refractivity contribution >= 4 is 29.0 Å². The number of hydrogen-bond donors (Lipinski definition) is 3. The first-order valence-electron chi connectivity index (χ1n) is 9.40. The van der Waals surface area contributed by atoms with Crippen molar-refractivity contribution in [1.29, 1.82) is 0 Å². The van der Waals surface area contributed by atoms with E-state index in [0.29, 0.717) is 46.8 Å². The largest absolute Gasteiger partial charge is 0.398 e. The molecule has 156 valence electrons. The zero-order valence-electron chi connectivity index (χ0n) is 16.3. The molecule has 1 aromatic heterocycles. The number of benzene rings is 2. The van der Waals surface area contributed by atoms with Crippen LogP contribution in [0.5, 0.6) is 0 Å². The summed E-state index contributed by atoms with van der Waals surface area (Å²) >= 11 is 0. The molecular formula is C21H18N6O4. The van der Waals surface area contributed by atoms with Crippen molar-refractivity contribution in [2.24, 2.45) is 0 Å². The van der Waals surface area contributed by atoms with Gasteiger partial charge in [0.05, 0.1) is 22.5 Å². The summed E-state index contributed by atoms with van der Waals surface area (Å²) in [6, 6.07) is 11.7. The fourth-order valence-corrected chi connectivity index (χ4v) is 3.28. The van der Waals surface area contributed by atoms with Crippen molar-refractivity contribution in [3.05, 3.63) is 77.0 Å². The summed E-state index contributed by atoms with van der Waals surface area (Å²) in [6.07, 6.45) is 2.70. The molecule has 0 atom stereocenters. The quantitative estimate of drug-likeness (QED) is 0.332. The summed E-state index contributed by atoms with van der Waals surface area (Å²) in [4.78, 5) is 34.8. The highest BCUT2D eigenvalue weighted by molar-refractivity contribution is 6.01. The molecule has 10 nitrogen and oxygen atoms in total. The van der Waals surface area contributed by atoms with Gasteiger partial charge in [-0.2, -0.15) is 0 Å². The average Bonchev–Trinajstić information content (AvgIpc) is 3.14. The van der Waals surface area contributed by atoms with E-state index in [1.807, 2.05) is 0 Å². The topological polar surface area (TPSA) is 131 Å². The number of nitrogens with zero attached hydrogens (tertiary/aromatic N) is 3. The van der Waals surface area contributed by atoms with Gasteiger partial charge in [0, 0.05) is 24.5 Å². The molecule has 10 heteroatoms. The highest BCUT2D eigenvalue weighted by Gasteiger charge is 2.25. The van der Waals surface area contributed by atoms with Crippen LogP contribution in [0.15, 0.2) is 61.3 Å². The van der Waals surface area contributed by atoms with Gasteiger partial charge in [0.15, 0.2) is 0 Å². The van der Waals surface area contributed by atoms with E-state index in [2.05, 4.69) is 27.6 Å². The number of aromatic nitrogens is 2. The molecule has 1 aliphatic rings. The van der Waals surface area contributed by atoms with Crippen LogP contribution in [-0.2, 0) is 4.79 Å². The molecule has 4 rings (SSSR count). The molecule has 3 N–H and O–H groups in total. The molecule has 0 aliphatic carbocycles. The highest BCUT2D eigenvalue weighted by Crippen LogP contribution is 2.33. The molecule has 3 aromatic rings. The van der Waals surface area contributed by atoms with Gasteiger partial charge in [-0.25, -0.2) is 0 Å². The molecule has 0 fully saturated rings. The van der Waals surface area contributed by atoms with Crippen LogP contribution in [0.25, 0.3) is 16.8 Å². The van der Waals surface area contributed by atoms with Crippen LogP contribution in [0.1, 0.15) is 10.4 Å². The molecule has 0 saturated carbocycles. The Morgan fingerprint density at radius 3 is 2.77 bits per heavy atom. The Bertz CT molecular complexity index is 1220. The minimum atomic E-state index is -0.555. The lowest BCUT2D eigenvalue weighted by atomic mass is 10.0. The van der Waals surface area contributed by atoms with Crippen LogP contribution in [0, 0.1) is 10.1 Å². The SMILES string of the molecule is C=CC(=O)Nc1cccc(-n2cc(-c3ccc4c(c3)NCCNC4=O)c([N+](=O)[O-])n2)c1. The van der Waals surface area contributed by atoms with Gasteiger partial charge in [0.25, 0.3) is 5.91 Å². The standard InChI is InChI=1S/C21H18N6O4/c1-2-19(28)24-14-4-3-5-15(11-14)26-12-17(20(25-26)27(30)31)13-6-7-16-18(10-13)22-8-9-23-21(16)29/h2-7,10-12,22H,1,8-9H2,(H,23,29)(H,24,28). The second-order valence-electron chi connectivity index (χ2n) is 6.75. The Kier molecular flexibility index (Phi) is 5.19. The van der Waals surface area contributed by atoms with Gasteiger partial charge in [-0.1, -0.05) is 18.7 Å². The number of anilines is 2. The fourth-order valence-electron chi connectivity index (χ4n) is 3.28. The van der Waals surface area contributed by atoms with Crippen molar-refractivity contribution in [2.75, 3.05) is 23.7 Å². The predicted molar refractivity (Wildman–Crippen MR) is 115 cm³/mol. The number of carbonyl (C=O) groups is 2. The van der Waals surface area contributed by atoms with Gasteiger partial charge in [0.2, 0.25) is 5.91 Å². The molecule has 31 heavy (non-hydrogen) atoms. The van der Waals surface area contributed by atoms with Crippen LogP contribution >= 0.6 is 0 Å². The van der Waals surface area contributed by atoms with Crippen LogP contribution in [0.2, 0.25) is 0 Å². The first-order chi connectivity index (χ1) is 15.0. The minimum Gasteiger partial charge on any atom is -0.383 e. The van der Waals surface area contributed by atoms with E-state index in [4.69, 9.17) is 0 Å². The second-order valence-corrected chi connectivity index (χ2v) is 6.75. The number of rotatable bonds is 5. The van der Waals surface area contributed by atoms with E-state index >= 15 is 0 Å². The number of nitro groups is 1. The van der Waals surface area contributed by atoms with Crippen molar-refractivity contribution in [1.82, 2.24) is 15.1 Å². The molecule has 0 radical (unpaired) electrons. The molecule has 2 amide bonds. The van der Waals surface area contributed by atoms with Crippen LogP contribution in [0.3, 0.4) is 0 Å². The third-order valence-electron chi connectivity index (χ3n) is 4.73. The fraction of sp³-hybridized carbons (Fsp3) is 0.0952. The van der Waals surface area contributed by atoms with Gasteiger partial charge >= 0.3 is 5.82 Å². The van der Waals surface area contributed by atoms with E-state index in [1.165, 1.54) is 4.68 Å². The molecule has 0 saturated heterocycles. The second kappa shape index (κ2) is 8.11. The van der Waals surface area contributed by atoms with Crippen LogP contribution in [0.4, 0.5) is 17.2 Å². The first kappa shape index (κ1) is 19.8. The third-order valence-corrected chi connectivity index (χ3v) is 4.73. The summed E-state index contributed by atoms with van der Waals surface area (Å²) in [7, 11) is 0. The Labute approximate surface area is 176 Å². The Balaban J connectivity index is 1.76. The Hall–Kier alpha value is -4.47. The summed E-state index contributed by atoms with van der Waals surface area (Å²) in [6.45, 7) is 4.45. The van der Waals surface area contributed by atoms with E-state index in [9.17, 15) is 19.7 Å². The van der Waals surface area contributed by atoms with E-state index in [1.54, 1.807) is 48.7 Å². The van der Waals surface area contributed by atoms with Crippen molar-refractivity contribution < 1.29 is 14.5 Å². The van der Waals surface area contributed by atoms with Gasteiger partial charge in [-0.15, -0.1) is 4.68 Å². The number of hydrogen-bond acceptors (Lipinski definition) is 6. The lowest BCUT2D eigenvalue weighted by Gasteiger charge is -2.08. The van der Waals surface area contributed by atoms with Crippen molar-refractivity contribution in [2.45, 2.75) is 0 Å². The summed E-state index contributed by atoms with van der Waals surface area (Å²) in [5.41, 5.74) is 2.96. The lowest BCUT2D eigenvalue weighted by molar-refractivity contribution is -0.389. The number of nitrogens with one attached hydrogen (secondary N) is 3. The maximum Gasteiger partial charge on any atom is 0.398 e. The van der Waals surface area contributed by atoms with Crippen molar-refractivity contribution in [3.8, 4) is 16.8 Å². The van der Waals surface area contributed by atoms with Crippen LogP contribution < -0.4 is 16.0 Å². The Morgan fingerprint density at radius 2 is 2.00 bits per heavy atom. The molecule has 0 bridgehead atoms. The number of carbonyl (C=O) groups excluding carboxylic acids is 2. The van der Waals surface area contributed by atoms with Gasteiger partial charge < -0.3 is 26.1 Å². The van der Waals surface area contributed by atoms with E-state index in [0.717, 1.165) is 6.08 Å². The highest BCUT2D eigenvalue weighted by atomic mass is 16.6. The zero-order chi connectivity index (χ0) is 22.0. The number of amides is 2. The first-order valence-corrected chi connectivity index (χ1v) is 9.40. The summed E-state index contributed by atoms with van der Waals surface area (Å²) < 4.78 is 1.38. The normalized spacial score (nSPS) is 12.7. The minimum absolute atomic E-state index is 0.199. The van der Waals surface area contributed by atoms with Crippen molar-refractivity contribution in [3.63, 3.8) is 0 Å². The van der Waals surface area contributed by atoms with E-state index in [-0.39, 0.29) is 17.6 Å². The molecular weight excluding hydrogens is 400 g/mol.